The molecule has 198 valence electrons. The Morgan fingerprint density at radius 2 is 1.66 bits per heavy atom. The van der Waals surface area contributed by atoms with E-state index in [0.29, 0.717) is 29.4 Å². The van der Waals surface area contributed by atoms with Crippen molar-refractivity contribution in [1.82, 2.24) is 5.43 Å². The number of carbonyl (C=O) groups is 3. The number of ether oxygens (including phenoxy) is 3. The van der Waals surface area contributed by atoms with Gasteiger partial charge in [-0.1, -0.05) is 12.1 Å². The Morgan fingerprint density at radius 3 is 2.37 bits per heavy atom. The number of rotatable bonds is 12. The van der Waals surface area contributed by atoms with Gasteiger partial charge in [0.25, 0.3) is 5.91 Å². The lowest BCUT2D eigenvalue weighted by atomic mass is 10.2. The number of benzene rings is 3. The molecule has 0 spiro atoms. The van der Waals surface area contributed by atoms with E-state index in [1.807, 2.05) is 6.92 Å². The lowest BCUT2D eigenvalue weighted by molar-refractivity contribution is -0.126. The second kappa shape index (κ2) is 14.0. The number of para-hydroxylation sites is 1. The third kappa shape index (κ3) is 8.63. The van der Waals surface area contributed by atoms with Gasteiger partial charge in [-0.15, -0.1) is 0 Å². The number of amides is 3. The van der Waals surface area contributed by atoms with Crippen molar-refractivity contribution in [2.24, 2.45) is 5.10 Å². The zero-order valence-corrected chi connectivity index (χ0v) is 20.8. The molecule has 0 bridgehead atoms. The molecule has 0 saturated heterocycles. The van der Waals surface area contributed by atoms with Gasteiger partial charge in [-0.25, -0.2) is 9.82 Å². The van der Waals surface area contributed by atoms with Gasteiger partial charge < -0.3 is 24.8 Å². The molecule has 0 heterocycles. The van der Waals surface area contributed by atoms with Gasteiger partial charge in [-0.2, -0.15) is 5.10 Å². The summed E-state index contributed by atoms with van der Waals surface area (Å²) >= 11 is 0. The Morgan fingerprint density at radius 1 is 0.895 bits per heavy atom. The molecule has 0 atom stereocenters. The molecular formula is C27H27FN4O6. The van der Waals surface area contributed by atoms with E-state index >= 15 is 0 Å². The Balaban J connectivity index is 1.47. The molecular weight excluding hydrogens is 495 g/mol. The molecule has 0 aliphatic heterocycles. The number of nitrogens with one attached hydrogen (secondary N) is 3. The molecule has 38 heavy (non-hydrogen) atoms. The molecule has 3 rings (SSSR count). The number of hydrogen-bond acceptors (Lipinski definition) is 7. The molecule has 0 radical (unpaired) electrons. The largest absolute Gasteiger partial charge is 0.494 e. The van der Waals surface area contributed by atoms with E-state index in [9.17, 15) is 18.8 Å². The molecule has 0 unspecified atom stereocenters. The summed E-state index contributed by atoms with van der Waals surface area (Å²) in [5.74, 6) is -0.919. The topological polar surface area (TPSA) is 127 Å². The predicted molar refractivity (Wildman–Crippen MR) is 140 cm³/mol. The number of methoxy groups -OCH3 is 1. The summed E-state index contributed by atoms with van der Waals surface area (Å²) in [6.07, 6.45) is 0.940. The first-order valence-electron chi connectivity index (χ1n) is 11.6. The second-order valence-electron chi connectivity index (χ2n) is 7.70. The van der Waals surface area contributed by atoms with E-state index in [2.05, 4.69) is 21.2 Å². The summed E-state index contributed by atoms with van der Waals surface area (Å²) < 4.78 is 29.8. The highest BCUT2D eigenvalue weighted by Gasteiger charge is 2.11. The fraction of sp³-hybridized carbons (Fsp3) is 0.185. The highest BCUT2D eigenvalue weighted by atomic mass is 19.1. The highest BCUT2D eigenvalue weighted by molar-refractivity contribution is 6.03. The fourth-order valence-corrected chi connectivity index (χ4v) is 3.15. The van der Waals surface area contributed by atoms with Gasteiger partial charge >= 0.3 is 0 Å². The minimum atomic E-state index is -0.600. The fourth-order valence-electron chi connectivity index (χ4n) is 3.15. The lowest BCUT2D eigenvalue weighted by Crippen LogP contribution is -2.24. The van der Waals surface area contributed by atoms with E-state index in [-0.39, 0.29) is 18.0 Å². The van der Waals surface area contributed by atoms with Gasteiger partial charge in [0.1, 0.15) is 18.0 Å². The van der Waals surface area contributed by atoms with E-state index < -0.39 is 30.0 Å². The molecule has 3 amide bonds. The van der Waals surface area contributed by atoms with Crippen LogP contribution in [0.5, 0.6) is 17.2 Å². The summed E-state index contributed by atoms with van der Waals surface area (Å²) in [7, 11) is 1.42. The number of hydrogen-bond donors (Lipinski definition) is 3. The highest BCUT2D eigenvalue weighted by Crippen LogP contribution is 2.27. The molecule has 3 aromatic carbocycles. The molecule has 10 nitrogen and oxygen atoms in total. The third-order valence-electron chi connectivity index (χ3n) is 4.87. The van der Waals surface area contributed by atoms with Gasteiger partial charge in [-0.3, -0.25) is 14.4 Å². The van der Waals surface area contributed by atoms with Crippen LogP contribution in [0.1, 0.15) is 18.9 Å². The van der Waals surface area contributed by atoms with Crippen LogP contribution in [-0.2, 0) is 14.4 Å². The molecule has 0 fully saturated rings. The van der Waals surface area contributed by atoms with Crippen molar-refractivity contribution < 1.29 is 33.0 Å². The molecule has 3 N–H and O–H groups in total. The average Bonchev–Trinajstić information content (AvgIpc) is 2.90. The molecule has 0 aliphatic carbocycles. The first-order chi connectivity index (χ1) is 18.4. The van der Waals surface area contributed by atoms with Crippen LogP contribution in [0.3, 0.4) is 0 Å². The van der Waals surface area contributed by atoms with Crippen LogP contribution in [0.15, 0.2) is 71.8 Å². The minimum absolute atomic E-state index is 0.0512. The maximum absolute atomic E-state index is 13.7. The summed E-state index contributed by atoms with van der Waals surface area (Å²) in [5.41, 5.74) is 3.43. The average molecular weight is 523 g/mol. The number of carbonyl (C=O) groups excluding carboxylic acids is 3. The van der Waals surface area contributed by atoms with E-state index in [1.54, 1.807) is 48.5 Å². The van der Waals surface area contributed by atoms with Crippen LogP contribution < -0.4 is 30.3 Å². The van der Waals surface area contributed by atoms with E-state index in [1.165, 1.54) is 31.5 Å². The maximum Gasteiger partial charge on any atom is 0.262 e. The molecule has 0 aliphatic rings. The van der Waals surface area contributed by atoms with E-state index in [4.69, 9.17) is 14.2 Å². The molecule has 11 heteroatoms. The summed E-state index contributed by atoms with van der Waals surface area (Å²) in [5, 5.41) is 8.90. The Bertz CT molecular complexity index is 1300. The maximum atomic E-state index is 13.7. The summed E-state index contributed by atoms with van der Waals surface area (Å²) in [6.45, 7) is 2.04. The van der Waals surface area contributed by atoms with Gasteiger partial charge in [0.2, 0.25) is 11.8 Å². The minimum Gasteiger partial charge on any atom is -0.494 e. The van der Waals surface area contributed by atoms with Gasteiger partial charge in [0.05, 0.1) is 25.6 Å². The van der Waals surface area contributed by atoms with Crippen molar-refractivity contribution in [3.8, 4) is 17.2 Å². The van der Waals surface area contributed by atoms with Crippen LogP contribution in [-0.4, -0.2) is 44.3 Å². The second-order valence-corrected chi connectivity index (χ2v) is 7.70. The van der Waals surface area contributed by atoms with Crippen molar-refractivity contribution in [2.45, 2.75) is 13.3 Å². The number of anilines is 2. The SMILES string of the molecule is CCOc1ccc(NC(=O)CC(=O)NN=Cc2ccc(OCC(=O)Nc3ccccc3F)c(OC)c2)cc1. The standard InChI is InChI=1S/C27H27FN4O6/c1-3-37-20-11-9-19(10-12-20)30-25(33)15-26(34)32-29-16-18-8-13-23(24(14-18)36-2)38-17-27(35)31-22-7-5-4-6-21(22)28/h4-14,16H,3,15,17H2,1-2H3,(H,30,33)(H,31,35)(H,32,34). The zero-order valence-electron chi connectivity index (χ0n) is 20.8. The number of halogens is 1. The molecule has 0 saturated carbocycles. The molecule has 3 aromatic rings. The van der Waals surface area contributed by atoms with Crippen molar-refractivity contribution in [1.29, 1.82) is 0 Å². The Hall–Kier alpha value is -4.93. The summed E-state index contributed by atoms with van der Waals surface area (Å²) in [4.78, 5) is 36.2. The summed E-state index contributed by atoms with van der Waals surface area (Å²) in [6, 6.07) is 17.3. The predicted octanol–water partition coefficient (Wildman–Crippen LogP) is 3.73. The van der Waals surface area contributed by atoms with Crippen LogP contribution in [0.25, 0.3) is 0 Å². The van der Waals surface area contributed by atoms with Gasteiger partial charge in [-0.05, 0) is 67.1 Å². The smallest absolute Gasteiger partial charge is 0.262 e. The van der Waals surface area contributed by atoms with Crippen molar-refractivity contribution in [2.75, 3.05) is 31.0 Å². The normalized spacial score (nSPS) is 10.5. The number of hydrazone groups is 1. The first-order valence-corrected chi connectivity index (χ1v) is 11.6. The van der Waals surface area contributed by atoms with Crippen molar-refractivity contribution in [3.05, 3.63) is 78.1 Å². The third-order valence-corrected chi connectivity index (χ3v) is 4.87. The zero-order chi connectivity index (χ0) is 27.3. The molecule has 0 aromatic heterocycles. The quantitative estimate of drug-likeness (QED) is 0.189. The Kier molecular flexibility index (Phi) is 10.2. The van der Waals surface area contributed by atoms with Gasteiger partial charge in [0, 0.05) is 5.69 Å². The number of nitrogens with zero attached hydrogens (tertiary/aromatic N) is 1. The van der Waals surface area contributed by atoms with Crippen molar-refractivity contribution >= 4 is 35.3 Å². The lowest BCUT2D eigenvalue weighted by Gasteiger charge is -2.11. The van der Waals surface area contributed by atoms with Crippen LogP contribution in [0.4, 0.5) is 15.8 Å². The first kappa shape index (κ1) is 27.7. The Labute approximate surface area is 218 Å². The van der Waals surface area contributed by atoms with Crippen molar-refractivity contribution in [3.63, 3.8) is 0 Å². The van der Waals surface area contributed by atoms with Crippen LogP contribution in [0, 0.1) is 5.82 Å². The monoisotopic (exact) mass is 522 g/mol. The van der Waals surface area contributed by atoms with Crippen LogP contribution in [0.2, 0.25) is 0 Å². The van der Waals surface area contributed by atoms with E-state index in [0.717, 1.165) is 0 Å². The van der Waals surface area contributed by atoms with Gasteiger partial charge in [0.15, 0.2) is 18.1 Å². The van der Waals surface area contributed by atoms with Crippen LogP contribution >= 0.6 is 0 Å².